The highest BCUT2D eigenvalue weighted by atomic mass is 35.5. The third-order valence-electron chi connectivity index (χ3n) is 2.60. The summed E-state index contributed by atoms with van der Waals surface area (Å²) >= 11 is 11.0. The predicted octanol–water partition coefficient (Wildman–Crippen LogP) is 2.88. The maximum Gasteiger partial charge on any atom is 0.410 e. The summed E-state index contributed by atoms with van der Waals surface area (Å²) in [4.78, 5) is 25.1. The molecule has 118 valence electrons. The van der Waals surface area contributed by atoms with Crippen molar-refractivity contribution < 1.29 is 19.1 Å². The molecule has 20 heavy (non-hydrogen) atoms. The van der Waals surface area contributed by atoms with E-state index < -0.39 is 18.1 Å². The number of nitrogens with zero attached hydrogens (tertiary/aromatic N) is 1. The van der Waals surface area contributed by atoms with Crippen LogP contribution in [0.15, 0.2) is 0 Å². The Morgan fingerprint density at radius 2 is 1.55 bits per heavy atom. The largest absolute Gasteiger partial charge is 0.464 e. The SMILES string of the molecule is CC(C)C(C(=O)OCCCCl)N(C)C(=O)OCCCCl. The van der Waals surface area contributed by atoms with E-state index in [9.17, 15) is 9.59 Å². The van der Waals surface area contributed by atoms with Gasteiger partial charge in [-0.25, -0.2) is 9.59 Å². The van der Waals surface area contributed by atoms with Crippen molar-refractivity contribution in [1.82, 2.24) is 4.90 Å². The van der Waals surface area contributed by atoms with Gasteiger partial charge in [-0.2, -0.15) is 0 Å². The molecular weight excluding hydrogens is 305 g/mol. The number of carbonyl (C=O) groups is 2. The molecule has 0 aliphatic heterocycles. The van der Waals surface area contributed by atoms with Gasteiger partial charge in [0.15, 0.2) is 0 Å². The summed E-state index contributed by atoms with van der Waals surface area (Å²) in [5.74, 6) is 0.326. The van der Waals surface area contributed by atoms with Gasteiger partial charge in [-0.15, -0.1) is 23.2 Å². The Labute approximate surface area is 130 Å². The Bertz CT molecular complexity index is 300. The number of halogens is 2. The zero-order valence-electron chi connectivity index (χ0n) is 12.2. The van der Waals surface area contributed by atoms with E-state index in [4.69, 9.17) is 32.7 Å². The number of carbonyl (C=O) groups excluding carboxylic acids is 2. The Kier molecular flexibility index (Phi) is 10.7. The molecular formula is C13H23Cl2NO4. The summed E-state index contributed by atoms with van der Waals surface area (Å²) in [5.41, 5.74) is 0. The van der Waals surface area contributed by atoms with Crippen LogP contribution in [0.1, 0.15) is 26.7 Å². The van der Waals surface area contributed by atoms with E-state index in [1.54, 1.807) is 0 Å². The van der Waals surface area contributed by atoms with Gasteiger partial charge in [-0.1, -0.05) is 13.8 Å². The van der Waals surface area contributed by atoms with E-state index in [1.807, 2.05) is 13.8 Å². The van der Waals surface area contributed by atoms with Gasteiger partial charge < -0.3 is 9.47 Å². The zero-order valence-corrected chi connectivity index (χ0v) is 13.7. The highest BCUT2D eigenvalue weighted by Gasteiger charge is 2.31. The number of hydrogen-bond acceptors (Lipinski definition) is 4. The molecule has 0 saturated heterocycles. The fraction of sp³-hybridized carbons (Fsp3) is 0.846. The number of esters is 1. The maximum atomic E-state index is 12.0. The summed E-state index contributed by atoms with van der Waals surface area (Å²) in [6.45, 7) is 4.17. The lowest BCUT2D eigenvalue weighted by atomic mass is 10.0. The summed E-state index contributed by atoms with van der Waals surface area (Å²) in [6.07, 6.45) is 0.610. The lowest BCUT2D eigenvalue weighted by Gasteiger charge is -2.28. The van der Waals surface area contributed by atoms with E-state index in [0.717, 1.165) is 0 Å². The second kappa shape index (κ2) is 11.0. The first kappa shape index (κ1) is 19.3. The normalized spacial score (nSPS) is 12.1. The molecule has 0 aromatic heterocycles. The molecule has 0 spiro atoms. The highest BCUT2D eigenvalue weighted by molar-refractivity contribution is 6.18. The van der Waals surface area contributed by atoms with Crippen LogP contribution in [0.25, 0.3) is 0 Å². The van der Waals surface area contributed by atoms with Crippen LogP contribution in [0, 0.1) is 5.92 Å². The second-order valence-corrected chi connectivity index (χ2v) is 5.42. The monoisotopic (exact) mass is 327 g/mol. The van der Waals surface area contributed by atoms with Crippen molar-refractivity contribution in [3.8, 4) is 0 Å². The highest BCUT2D eigenvalue weighted by Crippen LogP contribution is 2.13. The molecule has 0 rings (SSSR count). The molecule has 5 nitrogen and oxygen atoms in total. The first-order chi connectivity index (χ1) is 9.45. The first-order valence-corrected chi connectivity index (χ1v) is 7.70. The van der Waals surface area contributed by atoms with Gasteiger partial charge >= 0.3 is 12.1 Å². The van der Waals surface area contributed by atoms with Gasteiger partial charge in [-0.05, 0) is 18.8 Å². The Morgan fingerprint density at radius 3 is 2.00 bits per heavy atom. The average Bonchev–Trinajstić information content (AvgIpc) is 2.38. The lowest BCUT2D eigenvalue weighted by Crippen LogP contribution is -2.47. The molecule has 0 aromatic rings. The standard InChI is InChI=1S/C13H23Cl2NO4/c1-10(2)11(12(17)19-8-4-6-14)16(3)13(18)20-9-5-7-15/h10-11H,4-9H2,1-3H3. The van der Waals surface area contributed by atoms with Crippen LogP contribution in [0.5, 0.6) is 0 Å². The maximum absolute atomic E-state index is 12.0. The van der Waals surface area contributed by atoms with Crippen molar-refractivity contribution in [3.05, 3.63) is 0 Å². The van der Waals surface area contributed by atoms with Crippen LogP contribution in [0.4, 0.5) is 4.79 Å². The minimum atomic E-state index is -0.672. The van der Waals surface area contributed by atoms with Crippen molar-refractivity contribution in [2.75, 3.05) is 32.0 Å². The van der Waals surface area contributed by atoms with Gasteiger partial charge in [0.2, 0.25) is 0 Å². The first-order valence-electron chi connectivity index (χ1n) is 6.63. The molecule has 0 aliphatic carbocycles. The fourth-order valence-corrected chi connectivity index (χ4v) is 1.84. The summed E-state index contributed by atoms with van der Waals surface area (Å²) in [6, 6.07) is -0.672. The summed E-state index contributed by atoms with van der Waals surface area (Å²) in [5, 5.41) is 0. The number of rotatable bonds is 9. The molecule has 1 amide bonds. The molecule has 1 unspecified atom stereocenters. The van der Waals surface area contributed by atoms with Gasteiger partial charge in [0.05, 0.1) is 13.2 Å². The van der Waals surface area contributed by atoms with Crippen LogP contribution >= 0.6 is 23.2 Å². The molecule has 1 atom stereocenters. The molecule has 0 N–H and O–H groups in total. The van der Waals surface area contributed by atoms with Gasteiger partial charge in [0.25, 0.3) is 0 Å². The number of amides is 1. The van der Waals surface area contributed by atoms with Crippen LogP contribution in [0.2, 0.25) is 0 Å². The quantitative estimate of drug-likeness (QED) is 0.371. The third kappa shape index (κ3) is 7.20. The predicted molar refractivity (Wildman–Crippen MR) is 79.4 cm³/mol. The lowest BCUT2D eigenvalue weighted by molar-refractivity contribution is -0.150. The van der Waals surface area contributed by atoms with Crippen molar-refractivity contribution in [1.29, 1.82) is 0 Å². The molecule has 0 heterocycles. The molecule has 0 saturated carbocycles. The average molecular weight is 328 g/mol. The van der Waals surface area contributed by atoms with Gasteiger partial charge in [0.1, 0.15) is 6.04 Å². The van der Waals surface area contributed by atoms with E-state index >= 15 is 0 Å². The van der Waals surface area contributed by atoms with Gasteiger partial charge in [0, 0.05) is 18.8 Å². The van der Waals surface area contributed by atoms with Crippen LogP contribution in [-0.2, 0) is 14.3 Å². The number of alkyl halides is 2. The topological polar surface area (TPSA) is 55.8 Å². The van der Waals surface area contributed by atoms with Crippen LogP contribution in [-0.4, -0.2) is 55.0 Å². The van der Waals surface area contributed by atoms with E-state index in [1.165, 1.54) is 11.9 Å². The molecule has 0 aliphatic rings. The van der Waals surface area contributed by atoms with Crippen molar-refractivity contribution >= 4 is 35.3 Å². The molecule has 0 aromatic carbocycles. The molecule has 0 bridgehead atoms. The summed E-state index contributed by atoms with van der Waals surface area (Å²) in [7, 11) is 1.52. The zero-order chi connectivity index (χ0) is 15.5. The fourth-order valence-electron chi connectivity index (χ4n) is 1.62. The van der Waals surface area contributed by atoms with Crippen molar-refractivity contribution in [3.63, 3.8) is 0 Å². The van der Waals surface area contributed by atoms with Crippen molar-refractivity contribution in [2.24, 2.45) is 5.92 Å². The number of likely N-dealkylation sites (N-methyl/N-ethyl adjacent to an activating group) is 1. The minimum Gasteiger partial charge on any atom is -0.464 e. The van der Waals surface area contributed by atoms with Crippen molar-refractivity contribution in [2.45, 2.75) is 32.7 Å². The Hall–Kier alpha value is -0.680. The number of ether oxygens (including phenoxy) is 2. The molecule has 0 radical (unpaired) electrons. The minimum absolute atomic E-state index is 0.0796. The van der Waals surface area contributed by atoms with Crippen LogP contribution in [0.3, 0.4) is 0 Å². The van der Waals surface area contributed by atoms with Crippen LogP contribution < -0.4 is 0 Å². The third-order valence-corrected chi connectivity index (χ3v) is 3.14. The van der Waals surface area contributed by atoms with E-state index in [0.29, 0.717) is 24.6 Å². The van der Waals surface area contributed by atoms with E-state index in [-0.39, 0.29) is 19.1 Å². The van der Waals surface area contributed by atoms with E-state index in [2.05, 4.69) is 0 Å². The second-order valence-electron chi connectivity index (χ2n) is 4.67. The Balaban J connectivity index is 4.48. The summed E-state index contributed by atoms with van der Waals surface area (Å²) < 4.78 is 10.1. The molecule has 7 heteroatoms. The molecule has 0 fully saturated rings. The Morgan fingerprint density at radius 1 is 1.05 bits per heavy atom. The number of hydrogen-bond donors (Lipinski definition) is 0. The van der Waals surface area contributed by atoms with Gasteiger partial charge in [-0.3, -0.25) is 4.90 Å². The smallest absolute Gasteiger partial charge is 0.410 e.